The van der Waals surface area contributed by atoms with E-state index in [9.17, 15) is 13.2 Å². The topological polar surface area (TPSA) is 81.7 Å². The lowest BCUT2D eigenvalue weighted by Crippen LogP contribution is -2.26. The summed E-state index contributed by atoms with van der Waals surface area (Å²) in [5.41, 5.74) is 2.04. The summed E-state index contributed by atoms with van der Waals surface area (Å²) < 4.78 is 34.4. The number of nitrogens with one attached hydrogen (secondary N) is 1. The zero-order valence-electron chi connectivity index (χ0n) is 18.1. The smallest absolute Gasteiger partial charge is 0.251 e. The Hall–Kier alpha value is -2.54. The standard InChI is InChI=1S/C23H31NO5S/c1-5-13-28-21-12-11-20(15-22(21)29-14-6-2)17(3)24-23(25)19-9-7-18(8-10-19)16-30(4,26)27/h7-12,15,17H,5-6,13-14,16H2,1-4H3,(H,24,25). The number of sulfone groups is 1. The Morgan fingerprint density at radius 1 is 0.967 bits per heavy atom. The van der Waals surface area contributed by atoms with Gasteiger partial charge in [0.25, 0.3) is 5.91 Å². The van der Waals surface area contributed by atoms with Gasteiger partial charge < -0.3 is 14.8 Å². The highest BCUT2D eigenvalue weighted by atomic mass is 32.2. The minimum Gasteiger partial charge on any atom is -0.490 e. The van der Waals surface area contributed by atoms with Gasteiger partial charge in [0.05, 0.1) is 25.0 Å². The van der Waals surface area contributed by atoms with Crippen molar-refractivity contribution in [1.29, 1.82) is 0 Å². The van der Waals surface area contributed by atoms with E-state index < -0.39 is 9.84 Å². The van der Waals surface area contributed by atoms with Crippen LogP contribution in [0, 0.1) is 0 Å². The summed E-state index contributed by atoms with van der Waals surface area (Å²) in [6.45, 7) is 7.20. The van der Waals surface area contributed by atoms with E-state index in [4.69, 9.17) is 9.47 Å². The first-order chi connectivity index (χ1) is 14.2. The van der Waals surface area contributed by atoms with E-state index in [2.05, 4.69) is 5.32 Å². The molecule has 0 saturated carbocycles. The lowest BCUT2D eigenvalue weighted by atomic mass is 10.1. The number of benzene rings is 2. The van der Waals surface area contributed by atoms with Gasteiger partial charge in [0, 0.05) is 11.8 Å². The molecule has 1 unspecified atom stereocenters. The molecule has 0 aliphatic heterocycles. The van der Waals surface area contributed by atoms with Crippen molar-refractivity contribution in [1.82, 2.24) is 5.32 Å². The molecule has 2 aromatic carbocycles. The van der Waals surface area contributed by atoms with Crippen LogP contribution in [0.4, 0.5) is 0 Å². The van der Waals surface area contributed by atoms with Crippen molar-refractivity contribution >= 4 is 15.7 Å². The van der Waals surface area contributed by atoms with Gasteiger partial charge in [0.2, 0.25) is 0 Å². The first-order valence-corrected chi connectivity index (χ1v) is 12.3. The Morgan fingerprint density at radius 3 is 2.13 bits per heavy atom. The maximum atomic E-state index is 12.6. The SMILES string of the molecule is CCCOc1ccc(C(C)NC(=O)c2ccc(CS(C)(=O)=O)cc2)cc1OCCC. The summed E-state index contributed by atoms with van der Waals surface area (Å²) in [7, 11) is -3.11. The number of hydrogen-bond acceptors (Lipinski definition) is 5. The van der Waals surface area contributed by atoms with E-state index in [0.29, 0.717) is 35.8 Å². The first kappa shape index (κ1) is 23.7. The third kappa shape index (κ3) is 7.37. The molecule has 2 aromatic rings. The number of amides is 1. The maximum absolute atomic E-state index is 12.6. The molecule has 0 radical (unpaired) electrons. The Morgan fingerprint density at radius 2 is 1.57 bits per heavy atom. The molecule has 1 atom stereocenters. The summed E-state index contributed by atoms with van der Waals surface area (Å²) in [6.07, 6.45) is 2.98. The average Bonchev–Trinajstić information content (AvgIpc) is 2.70. The third-order valence-electron chi connectivity index (χ3n) is 4.38. The minimum absolute atomic E-state index is 0.0434. The van der Waals surface area contributed by atoms with Gasteiger partial charge in [-0.2, -0.15) is 0 Å². The molecule has 30 heavy (non-hydrogen) atoms. The lowest BCUT2D eigenvalue weighted by molar-refractivity contribution is 0.0939. The van der Waals surface area contributed by atoms with E-state index in [1.807, 2.05) is 39.0 Å². The molecule has 7 heteroatoms. The maximum Gasteiger partial charge on any atom is 0.251 e. The first-order valence-electron chi connectivity index (χ1n) is 10.2. The molecule has 1 N–H and O–H groups in total. The van der Waals surface area contributed by atoms with Crippen LogP contribution in [0.3, 0.4) is 0 Å². The van der Waals surface area contributed by atoms with Crippen LogP contribution < -0.4 is 14.8 Å². The Kier molecular flexibility index (Phi) is 8.72. The highest BCUT2D eigenvalue weighted by molar-refractivity contribution is 7.89. The quantitative estimate of drug-likeness (QED) is 0.571. The molecular formula is C23H31NO5S. The van der Waals surface area contributed by atoms with E-state index in [1.165, 1.54) is 6.26 Å². The van der Waals surface area contributed by atoms with Gasteiger partial charge in [-0.1, -0.05) is 32.0 Å². The van der Waals surface area contributed by atoms with Crippen molar-refractivity contribution in [3.8, 4) is 11.5 Å². The molecule has 0 aromatic heterocycles. The second kappa shape index (κ2) is 11.0. The van der Waals surface area contributed by atoms with Gasteiger partial charge in [-0.3, -0.25) is 4.79 Å². The summed E-state index contributed by atoms with van der Waals surface area (Å²) in [5.74, 6) is 1.11. The number of ether oxygens (including phenoxy) is 2. The van der Waals surface area contributed by atoms with Gasteiger partial charge >= 0.3 is 0 Å². The zero-order valence-corrected chi connectivity index (χ0v) is 18.9. The van der Waals surface area contributed by atoms with Crippen molar-refractivity contribution in [3.05, 3.63) is 59.2 Å². The van der Waals surface area contributed by atoms with Crippen molar-refractivity contribution in [2.24, 2.45) is 0 Å². The fourth-order valence-corrected chi connectivity index (χ4v) is 3.67. The molecule has 6 nitrogen and oxygen atoms in total. The monoisotopic (exact) mass is 433 g/mol. The Labute approximate surface area is 179 Å². The number of rotatable bonds is 11. The predicted octanol–water partition coefficient (Wildman–Crippen LogP) is 4.30. The van der Waals surface area contributed by atoms with Crippen molar-refractivity contribution in [2.45, 2.75) is 45.4 Å². The van der Waals surface area contributed by atoms with E-state index in [1.54, 1.807) is 24.3 Å². The second-order valence-electron chi connectivity index (χ2n) is 7.37. The number of carbonyl (C=O) groups excluding carboxylic acids is 1. The van der Waals surface area contributed by atoms with Gasteiger partial charge in [0.15, 0.2) is 21.3 Å². The molecule has 0 aliphatic carbocycles. The molecule has 0 bridgehead atoms. The predicted molar refractivity (Wildman–Crippen MR) is 119 cm³/mol. The normalized spacial score (nSPS) is 12.3. The molecule has 0 aliphatic rings. The van der Waals surface area contributed by atoms with Crippen LogP contribution in [0.1, 0.15) is 61.1 Å². The lowest BCUT2D eigenvalue weighted by Gasteiger charge is -2.18. The van der Waals surface area contributed by atoms with E-state index in [-0.39, 0.29) is 17.7 Å². The van der Waals surface area contributed by atoms with Crippen LogP contribution >= 0.6 is 0 Å². The van der Waals surface area contributed by atoms with E-state index in [0.717, 1.165) is 18.4 Å². The summed E-state index contributed by atoms with van der Waals surface area (Å²) in [5, 5.41) is 2.97. The second-order valence-corrected chi connectivity index (χ2v) is 9.51. The van der Waals surface area contributed by atoms with Crippen LogP contribution in [0.25, 0.3) is 0 Å². The van der Waals surface area contributed by atoms with Crippen LogP contribution in [0.15, 0.2) is 42.5 Å². The minimum atomic E-state index is -3.11. The number of carbonyl (C=O) groups is 1. The van der Waals surface area contributed by atoms with E-state index >= 15 is 0 Å². The molecule has 0 saturated heterocycles. The number of hydrogen-bond donors (Lipinski definition) is 1. The van der Waals surface area contributed by atoms with Crippen LogP contribution in [0.2, 0.25) is 0 Å². The van der Waals surface area contributed by atoms with Gasteiger partial charge in [-0.05, 0) is 55.2 Å². The van der Waals surface area contributed by atoms with Crippen LogP contribution in [0.5, 0.6) is 11.5 Å². The fraction of sp³-hybridized carbons (Fsp3) is 0.435. The molecule has 2 rings (SSSR count). The molecule has 164 valence electrons. The van der Waals surface area contributed by atoms with Gasteiger partial charge in [0.1, 0.15) is 0 Å². The van der Waals surface area contributed by atoms with Gasteiger partial charge in [-0.25, -0.2) is 8.42 Å². The average molecular weight is 434 g/mol. The summed E-state index contributed by atoms with van der Waals surface area (Å²) >= 11 is 0. The highest BCUT2D eigenvalue weighted by Crippen LogP contribution is 2.31. The molecule has 0 spiro atoms. The molecule has 0 heterocycles. The van der Waals surface area contributed by atoms with Crippen LogP contribution in [-0.2, 0) is 15.6 Å². The fourth-order valence-electron chi connectivity index (χ4n) is 2.87. The largest absolute Gasteiger partial charge is 0.490 e. The van der Waals surface area contributed by atoms with Crippen LogP contribution in [-0.4, -0.2) is 33.8 Å². The Balaban J connectivity index is 2.10. The Bertz CT molecular complexity index is 939. The highest BCUT2D eigenvalue weighted by Gasteiger charge is 2.15. The summed E-state index contributed by atoms with van der Waals surface area (Å²) in [6, 6.07) is 12.1. The molecular weight excluding hydrogens is 402 g/mol. The molecule has 0 fully saturated rings. The van der Waals surface area contributed by atoms with Crippen molar-refractivity contribution in [2.75, 3.05) is 19.5 Å². The summed E-state index contributed by atoms with van der Waals surface area (Å²) in [4.78, 5) is 12.6. The van der Waals surface area contributed by atoms with Crippen molar-refractivity contribution < 1.29 is 22.7 Å². The zero-order chi connectivity index (χ0) is 22.1. The van der Waals surface area contributed by atoms with Crippen molar-refractivity contribution in [3.63, 3.8) is 0 Å². The van der Waals surface area contributed by atoms with Gasteiger partial charge in [-0.15, -0.1) is 0 Å². The third-order valence-corrected chi connectivity index (χ3v) is 5.24. The molecule has 1 amide bonds.